The first-order chi connectivity index (χ1) is 13.4. The third-order valence-corrected chi connectivity index (χ3v) is 7.61. The fourth-order valence-corrected chi connectivity index (χ4v) is 5.37. The highest BCUT2D eigenvalue weighted by molar-refractivity contribution is 7.98. The molecule has 0 bridgehead atoms. The van der Waals surface area contributed by atoms with Crippen molar-refractivity contribution in [1.29, 1.82) is 0 Å². The summed E-state index contributed by atoms with van der Waals surface area (Å²) in [4.78, 5) is 3.71. The van der Waals surface area contributed by atoms with E-state index < -0.39 is 15.8 Å². The summed E-state index contributed by atoms with van der Waals surface area (Å²) in [5.74, 6) is -0.339. The molecule has 0 unspecified atom stereocenters. The van der Waals surface area contributed by atoms with Crippen molar-refractivity contribution in [3.63, 3.8) is 0 Å². The van der Waals surface area contributed by atoms with Gasteiger partial charge in [0.25, 0.3) is 0 Å². The normalized spacial score (nSPS) is 16.4. The Morgan fingerprint density at radius 2 is 1.93 bits per heavy atom. The van der Waals surface area contributed by atoms with E-state index >= 15 is 0 Å². The van der Waals surface area contributed by atoms with Crippen LogP contribution in [0.5, 0.6) is 0 Å². The molecule has 3 rings (SSSR count). The van der Waals surface area contributed by atoms with Crippen molar-refractivity contribution in [3.8, 4) is 0 Å². The van der Waals surface area contributed by atoms with Crippen LogP contribution in [0, 0.1) is 11.7 Å². The first-order valence-electron chi connectivity index (χ1n) is 9.18. The molecule has 1 heterocycles. The van der Waals surface area contributed by atoms with Crippen LogP contribution in [0.4, 0.5) is 4.39 Å². The fourth-order valence-electron chi connectivity index (χ4n) is 3.38. The number of piperidine rings is 1. The maximum Gasteiger partial charge on any atom is 0.240 e. The number of nitrogens with one attached hydrogen (secondary N) is 1. The van der Waals surface area contributed by atoms with Gasteiger partial charge in [-0.15, -0.1) is 11.8 Å². The highest BCUT2D eigenvalue weighted by atomic mass is 35.5. The first kappa shape index (κ1) is 21.6. The van der Waals surface area contributed by atoms with Crippen molar-refractivity contribution in [2.45, 2.75) is 29.2 Å². The Bertz CT molecular complexity index is 916. The van der Waals surface area contributed by atoms with Crippen molar-refractivity contribution >= 4 is 33.4 Å². The lowest BCUT2D eigenvalue weighted by Gasteiger charge is -2.32. The van der Waals surface area contributed by atoms with E-state index in [1.165, 1.54) is 16.5 Å². The summed E-state index contributed by atoms with van der Waals surface area (Å²) in [6.45, 7) is 3.19. The zero-order valence-corrected chi connectivity index (χ0v) is 18.1. The Hall–Kier alpha value is -1.12. The molecule has 8 heteroatoms. The SMILES string of the molecule is CSc1ccccc1CN1CCC(CNS(=O)(=O)c2ccc(F)c(Cl)c2)CC1. The van der Waals surface area contributed by atoms with Crippen LogP contribution in [0.2, 0.25) is 5.02 Å². The number of likely N-dealkylation sites (tertiary alicyclic amines) is 1. The number of hydrogen-bond acceptors (Lipinski definition) is 4. The lowest BCUT2D eigenvalue weighted by Crippen LogP contribution is -2.38. The van der Waals surface area contributed by atoms with Gasteiger partial charge in [-0.3, -0.25) is 4.90 Å². The maximum atomic E-state index is 13.3. The highest BCUT2D eigenvalue weighted by Gasteiger charge is 2.23. The van der Waals surface area contributed by atoms with Gasteiger partial charge in [0.2, 0.25) is 10.0 Å². The number of halogens is 2. The minimum Gasteiger partial charge on any atom is -0.299 e. The fraction of sp³-hybridized carbons (Fsp3) is 0.400. The van der Waals surface area contributed by atoms with Crippen molar-refractivity contribution in [2.24, 2.45) is 5.92 Å². The summed E-state index contributed by atoms with van der Waals surface area (Å²) in [6, 6.07) is 11.9. The third-order valence-electron chi connectivity index (χ3n) is 5.06. The average molecular weight is 443 g/mol. The summed E-state index contributed by atoms with van der Waals surface area (Å²) in [5, 5.41) is -0.193. The molecular formula is C20H24ClFN2O2S2. The van der Waals surface area contributed by atoms with E-state index in [1.54, 1.807) is 11.8 Å². The van der Waals surface area contributed by atoms with Gasteiger partial charge in [0, 0.05) is 18.0 Å². The van der Waals surface area contributed by atoms with E-state index in [1.807, 2.05) is 0 Å². The Labute approximate surface area is 175 Å². The molecule has 1 saturated heterocycles. The first-order valence-corrected chi connectivity index (χ1v) is 12.3. The van der Waals surface area contributed by atoms with Crippen molar-refractivity contribution in [3.05, 3.63) is 58.9 Å². The largest absolute Gasteiger partial charge is 0.299 e. The predicted octanol–water partition coefficient (Wildman–Crippen LogP) is 4.39. The van der Waals surface area contributed by atoms with Gasteiger partial charge in [-0.1, -0.05) is 29.8 Å². The molecule has 28 heavy (non-hydrogen) atoms. The van der Waals surface area contributed by atoms with Crippen LogP contribution in [0.3, 0.4) is 0 Å². The van der Waals surface area contributed by atoms with Crippen molar-refractivity contribution < 1.29 is 12.8 Å². The lowest BCUT2D eigenvalue weighted by molar-refractivity contribution is 0.177. The zero-order valence-electron chi connectivity index (χ0n) is 15.7. The Morgan fingerprint density at radius 3 is 2.61 bits per heavy atom. The highest BCUT2D eigenvalue weighted by Crippen LogP contribution is 2.25. The van der Waals surface area contributed by atoms with Gasteiger partial charge in [-0.05, 0) is 67.9 Å². The summed E-state index contributed by atoms with van der Waals surface area (Å²) in [5.41, 5.74) is 1.34. The molecule has 1 N–H and O–H groups in total. The van der Waals surface area contributed by atoms with Crippen molar-refractivity contribution in [1.82, 2.24) is 9.62 Å². The molecular weight excluding hydrogens is 419 g/mol. The number of hydrogen-bond donors (Lipinski definition) is 1. The minimum atomic E-state index is -3.69. The average Bonchev–Trinajstić information content (AvgIpc) is 2.70. The molecule has 0 saturated carbocycles. The Kier molecular flexibility index (Phi) is 7.39. The smallest absolute Gasteiger partial charge is 0.240 e. The summed E-state index contributed by atoms with van der Waals surface area (Å²) >= 11 is 7.46. The van der Waals surface area contributed by atoms with E-state index in [0.717, 1.165) is 44.6 Å². The third kappa shape index (κ3) is 5.48. The molecule has 1 fully saturated rings. The molecule has 1 aliphatic rings. The molecule has 1 aliphatic heterocycles. The topological polar surface area (TPSA) is 49.4 Å². The number of nitrogens with zero attached hydrogens (tertiary/aromatic N) is 1. The molecule has 2 aromatic rings. The second kappa shape index (κ2) is 9.59. The van der Waals surface area contributed by atoms with Gasteiger partial charge in [-0.2, -0.15) is 0 Å². The van der Waals surface area contributed by atoms with E-state index in [0.29, 0.717) is 6.54 Å². The molecule has 0 radical (unpaired) electrons. The van der Waals surface area contributed by atoms with Crippen LogP contribution in [-0.4, -0.2) is 39.2 Å². The number of rotatable bonds is 7. The molecule has 152 valence electrons. The van der Waals surface area contributed by atoms with E-state index in [-0.39, 0.29) is 15.8 Å². The van der Waals surface area contributed by atoms with E-state index in [9.17, 15) is 12.8 Å². The summed E-state index contributed by atoms with van der Waals surface area (Å²) < 4.78 is 40.7. The van der Waals surface area contributed by atoms with Crippen LogP contribution in [0.25, 0.3) is 0 Å². The van der Waals surface area contributed by atoms with Crippen LogP contribution >= 0.6 is 23.4 Å². The number of sulfonamides is 1. The standard InChI is InChI=1S/C20H24ClFN2O2S2/c1-27-20-5-3-2-4-16(20)14-24-10-8-15(9-11-24)13-23-28(25,26)17-6-7-19(22)18(21)12-17/h2-7,12,15,23H,8-11,13-14H2,1H3. The maximum absolute atomic E-state index is 13.3. The Morgan fingerprint density at radius 1 is 1.21 bits per heavy atom. The molecule has 0 amide bonds. The van der Waals surface area contributed by atoms with Gasteiger partial charge in [0.05, 0.1) is 9.92 Å². The summed E-state index contributed by atoms with van der Waals surface area (Å²) in [6.07, 6.45) is 3.97. The molecule has 2 aromatic carbocycles. The van der Waals surface area contributed by atoms with Crippen molar-refractivity contribution in [2.75, 3.05) is 25.9 Å². The van der Waals surface area contributed by atoms with E-state index in [4.69, 9.17) is 11.6 Å². The Balaban J connectivity index is 1.51. The molecule has 0 aromatic heterocycles. The molecule has 0 spiro atoms. The number of thioether (sulfide) groups is 1. The molecule has 4 nitrogen and oxygen atoms in total. The van der Waals surface area contributed by atoms with Gasteiger partial charge in [0.1, 0.15) is 5.82 Å². The molecule has 0 aliphatic carbocycles. The van der Waals surface area contributed by atoms with Gasteiger partial charge in [0.15, 0.2) is 0 Å². The van der Waals surface area contributed by atoms with Crippen LogP contribution in [0.15, 0.2) is 52.3 Å². The molecule has 0 atom stereocenters. The van der Waals surface area contributed by atoms with Crippen LogP contribution < -0.4 is 4.72 Å². The van der Waals surface area contributed by atoms with E-state index in [2.05, 4.69) is 40.1 Å². The van der Waals surface area contributed by atoms with Crippen LogP contribution in [0.1, 0.15) is 18.4 Å². The lowest BCUT2D eigenvalue weighted by atomic mass is 9.97. The van der Waals surface area contributed by atoms with Gasteiger partial charge in [-0.25, -0.2) is 17.5 Å². The minimum absolute atomic E-state index is 0.00925. The number of benzene rings is 2. The predicted molar refractivity (Wildman–Crippen MR) is 113 cm³/mol. The monoisotopic (exact) mass is 442 g/mol. The van der Waals surface area contributed by atoms with Gasteiger partial charge < -0.3 is 0 Å². The second-order valence-electron chi connectivity index (χ2n) is 6.96. The second-order valence-corrected chi connectivity index (χ2v) is 9.98. The van der Waals surface area contributed by atoms with Gasteiger partial charge >= 0.3 is 0 Å². The summed E-state index contributed by atoms with van der Waals surface area (Å²) in [7, 11) is -3.69. The van der Waals surface area contributed by atoms with Crippen LogP contribution in [-0.2, 0) is 16.6 Å². The zero-order chi connectivity index (χ0) is 20.1. The quantitative estimate of drug-likeness (QED) is 0.646.